The Labute approximate surface area is 151 Å². The molecule has 0 saturated heterocycles. The molecule has 3 rings (SSSR count). The van der Waals surface area contributed by atoms with Crippen molar-refractivity contribution >= 4 is 23.2 Å². The molecule has 2 aromatic carbocycles. The quantitative estimate of drug-likeness (QED) is 0.622. The minimum absolute atomic E-state index is 0.0514. The van der Waals surface area contributed by atoms with Crippen molar-refractivity contribution in [2.75, 3.05) is 11.4 Å². The summed E-state index contributed by atoms with van der Waals surface area (Å²) < 4.78 is 0. The zero-order chi connectivity index (χ0) is 18.2. The molecule has 25 heavy (non-hydrogen) atoms. The van der Waals surface area contributed by atoms with Crippen LogP contribution in [-0.4, -0.2) is 18.3 Å². The Hall–Kier alpha value is -2.35. The molecule has 130 valence electrons. The van der Waals surface area contributed by atoms with E-state index in [1.165, 1.54) is 33.5 Å². The van der Waals surface area contributed by atoms with Crippen LogP contribution in [0.15, 0.2) is 47.5 Å². The highest BCUT2D eigenvalue weighted by molar-refractivity contribution is 5.90. The molecule has 0 unspecified atom stereocenters. The maximum atomic E-state index is 4.66. The second-order valence-electron chi connectivity index (χ2n) is 7.54. The first-order chi connectivity index (χ1) is 11.8. The summed E-state index contributed by atoms with van der Waals surface area (Å²) in [6, 6.07) is 12.9. The Morgan fingerprint density at radius 1 is 1.04 bits per heavy atom. The van der Waals surface area contributed by atoms with Crippen LogP contribution in [0, 0.1) is 13.8 Å². The van der Waals surface area contributed by atoms with Crippen molar-refractivity contribution in [2.24, 2.45) is 4.99 Å². The van der Waals surface area contributed by atoms with E-state index in [4.69, 9.17) is 0 Å². The van der Waals surface area contributed by atoms with Crippen LogP contribution in [0.5, 0.6) is 0 Å². The van der Waals surface area contributed by atoms with Crippen LogP contribution < -0.4 is 4.90 Å². The molecule has 0 spiro atoms. The van der Waals surface area contributed by atoms with Gasteiger partial charge >= 0.3 is 0 Å². The first-order valence-corrected chi connectivity index (χ1v) is 9.04. The van der Waals surface area contributed by atoms with Crippen LogP contribution in [0.4, 0.5) is 11.4 Å². The summed E-state index contributed by atoms with van der Waals surface area (Å²) in [5, 5.41) is 0. The maximum absolute atomic E-state index is 4.66. The number of nitrogens with zero attached hydrogens (tertiary/aromatic N) is 2. The molecule has 0 saturated carbocycles. The summed E-state index contributed by atoms with van der Waals surface area (Å²) in [5.41, 5.74) is 8.74. The molecule has 0 atom stereocenters. The van der Waals surface area contributed by atoms with E-state index >= 15 is 0 Å². The van der Waals surface area contributed by atoms with Gasteiger partial charge in [-0.1, -0.05) is 23.8 Å². The summed E-state index contributed by atoms with van der Waals surface area (Å²) in [6.45, 7) is 14.3. The number of hydrogen-bond donors (Lipinski definition) is 0. The molecule has 2 nitrogen and oxygen atoms in total. The minimum atomic E-state index is 0.0514. The van der Waals surface area contributed by atoms with Gasteiger partial charge in [-0.25, -0.2) is 0 Å². The van der Waals surface area contributed by atoms with Crippen LogP contribution in [0.3, 0.4) is 0 Å². The van der Waals surface area contributed by atoms with Crippen LogP contribution in [0.25, 0.3) is 5.57 Å². The van der Waals surface area contributed by atoms with Gasteiger partial charge in [0.05, 0.1) is 11.2 Å². The molecule has 0 N–H and O–H groups in total. The minimum Gasteiger partial charge on any atom is -0.363 e. The first kappa shape index (κ1) is 17.5. The van der Waals surface area contributed by atoms with Crippen molar-refractivity contribution in [1.29, 1.82) is 0 Å². The van der Waals surface area contributed by atoms with Crippen LogP contribution in [-0.2, 0) is 0 Å². The summed E-state index contributed by atoms with van der Waals surface area (Å²) in [6.07, 6.45) is 4.36. The number of hydrogen-bond acceptors (Lipinski definition) is 2. The number of anilines is 1. The van der Waals surface area contributed by atoms with E-state index in [1.54, 1.807) is 0 Å². The highest BCUT2D eigenvalue weighted by atomic mass is 15.2. The van der Waals surface area contributed by atoms with Crippen LogP contribution in [0.2, 0.25) is 0 Å². The van der Waals surface area contributed by atoms with Gasteiger partial charge in [0.25, 0.3) is 0 Å². The van der Waals surface area contributed by atoms with Gasteiger partial charge in [0, 0.05) is 24.0 Å². The van der Waals surface area contributed by atoms with Gasteiger partial charge in [0.2, 0.25) is 0 Å². The lowest BCUT2D eigenvalue weighted by Gasteiger charge is -2.43. The zero-order valence-corrected chi connectivity index (χ0v) is 16.2. The Bertz CT molecular complexity index is 839. The molecule has 1 aliphatic heterocycles. The summed E-state index contributed by atoms with van der Waals surface area (Å²) >= 11 is 0. The van der Waals surface area contributed by atoms with Crippen molar-refractivity contribution in [3.63, 3.8) is 0 Å². The van der Waals surface area contributed by atoms with Gasteiger partial charge in [-0.2, -0.15) is 0 Å². The third-order valence-electron chi connectivity index (χ3n) is 5.07. The Morgan fingerprint density at radius 2 is 1.72 bits per heavy atom. The van der Waals surface area contributed by atoms with Crippen molar-refractivity contribution in [3.05, 3.63) is 64.7 Å². The zero-order valence-electron chi connectivity index (χ0n) is 16.2. The topological polar surface area (TPSA) is 15.6 Å². The molecule has 1 aliphatic rings. The Morgan fingerprint density at radius 3 is 2.36 bits per heavy atom. The number of aliphatic imine (C=N–C) groups is 1. The van der Waals surface area contributed by atoms with Crippen molar-refractivity contribution in [3.8, 4) is 0 Å². The van der Waals surface area contributed by atoms with Gasteiger partial charge in [0.1, 0.15) is 0 Å². The number of allylic oxidation sites excluding steroid dienone is 1. The van der Waals surface area contributed by atoms with Crippen molar-refractivity contribution in [1.82, 2.24) is 0 Å². The average molecular weight is 332 g/mol. The number of aryl methyl sites for hydroxylation is 2. The van der Waals surface area contributed by atoms with Crippen molar-refractivity contribution < 1.29 is 0 Å². The van der Waals surface area contributed by atoms with Gasteiger partial charge in [-0.05, 0) is 82.5 Å². The van der Waals surface area contributed by atoms with E-state index in [0.29, 0.717) is 0 Å². The molecule has 0 aromatic heterocycles. The molecule has 0 bridgehead atoms. The fourth-order valence-electron chi connectivity index (χ4n) is 3.74. The third-order valence-corrected chi connectivity index (χ3v) is 5.07. The fraction of sp³-hybridized carbons (Fsp3) is 0.348. The lowest BCUT2D eigenvalue weighted by atomic mass is 9.87. The molecule has 0 fully saturated rings. The van der Waals surface area contributed by atoms with E-state index < -0.39 is 0 Å². The molecule has 1 heterocycles. The molecule has 2 aromatic rings. The SMILES string of the molecule is CCN1c2cc(C)c(C=Nc3ccc(C)cc3)cc2C(C)=CC1(C)C. The number of likely N-dealkylation sites (N-methyl/N-ethyl adjacent to an activating group) is 1. The van der Waals surface area contributed by atoms with Gasteiger partial charge in [-0.3, -0.25) is 4.99 Å². The Kier molecular flexibility index (Phi) is 4.55. The normalized spacial score (nSPS) is 16.1. The molecular weight excluding hydrogens is 304 g/mol. The lowest BCUT2D eigenvalue weighted by Crippen LogP contribution is -2.45. The van der Waals surface area contributed by atoms with Crippen molar-refractivity contribution in [2.45, 2.75) is 47.1 Å². The summed E-state index contributed by atoms with van der Waals surface area (Å²) in [4.78, 5) is 7.14. The average Bonchev–Trinajstić information content (AvgIpc) is 2.54. The summed E-state index contributed by atoms with van der Waals surface area (Å²) in [7, 11) is 0. The van der Waals surface area contributed by atoms with Crippen LogP contribution >= 0.6 is 0 Å². The Balaban J connectivity index is 2.02. The molecule has 2 heteroatoms. The van der Waals surface area contributed by atoms with Gasteiger partial charge < -0.3 is 4.90 Å². The summed E-state index contributed by atoms with van der Waals surface area (Å²) in [5.74, 6) is 0. The first-order valence-electron chi connectivity index (χ1n) is 9.04. The standard InChI is InChI=1S/C23H28N2/c1-7-25-22-12-17(3)19(13-21(22)18(4)14-23(25,5)6)15-24-20-10-8-16(2)9-11-20/h8-15H,7H2,1-6H3. The second-order valence-corrected chi connectivity index (χ2v) is 7.54. The third kappa shape index (κ3) is 3.39. The predicted octanol–water partition coefficient (Wildman–Crippen LogP) is 6.08. The van der Waals surface area contributed by atoms with E-state index in [1.807, 2.05) is 6.21 Å². The van der Waals surface area contributed by atoms with Gasteiger partial charge in [-0.15, -0.1) is 0 Å². The second kappa shape index (κ2) is 6.51. The van der Waals surface area contributed by atoms with E-state index in [-0.39, 0.29) is 5.54 Å². The monoisotopic (exact) mass is 332 g/mol. The number of rotatable bonds is 3. The van der Waals surface area contributed by atoms with E-state index in [0.717, 1.165) is 12.2 Å². The number of fused-ring (bicyclic) bond motifs is 1. The largest absolute Gasteiger partial charge is 0.363 e. The molecular formula is C23H28N2. The highest BCUT2D eigenvalue weighted by Gasteiger charge is 2.30. The highest BCUT2D eigenvalue weighted by Crippen LogP contribution is 2.39. The smallest absolute Gasteiger partial charge is 0.0630 e. The maximum Gasteiger partial charge on any atom is 0.0630 e. The fourth-order valence-corrected chi connectivity index (χ4v) is 3.74. The van der Waals surface area contributed by atoms with E-state index in [2.05, 4.69) is 93.9 Å². The van der Waals surface area contributed by atoms with Crippen LogP contribution in [0.1, 0.15) is 49.9 Å². The molecule has 0 amide bonds. The predicted molar refractivity (Wildman–Crippen MR) is 110 cm³/mol. The lowest BCUT2D eigenvalue weighted by molar-refractivity contribution is 0.566. The number of benzene rings is 2. The molecule has 0 aliphatic carbocycles. The van der Waals surface area contributed by atoms with E-state index in [9.17, 15) is 0 Å². The molecule has 0 radical (unpaired) electrons. The van der Waals surface area contributed by atoms with Gasteiger partial charge in [0.15, 0.2) is 0 Å².